The van der Waals surface area contributed by atoms with Crippen molar-refractivity contribution in [2.45, 2.75) is 0 Å². The molecule has 0 saturated heterocycles. The summed E-state index contributed by atoms with van der Waals surface area (Å²) in [5.41, 5.74) is 7.34. The molecule has 0 N–H and O–H groups in total. The SMILES string of the molecule is c1ccc(N2c3cccc4[c]3[Sn]3([c]5ccccc5)[c]5c(cccc5N(c5ccccc5)c5cccc2[c]53)O4)cc1. The molecule has 3 heterocycles. The Morgan fingerprint density at radius 1 is 0.375 bits per heavy atom. The van der Waals surface area contributed by atoms with Gasteiger partial charge in [0, 0.05) is 0 Å². The van der Waals surface area contributed by atoms with Crippen LogP contribution < -0.4 is 28.9 Å². The van der Waals surface area contributed by atoms with Crippen molar-refractivity contribution in [1.82, 2.24) is 0 Å². The molecule has 0 fully saturated rings. The molecule has 0 atom stereocenters. The van der Waals surface area contributed by atoms with Crippen LogP contribution in [0.3, 0.4) is 0 Å². The Kier molecular flexibility index (Phi) is 4.61. The van der Waals surface area contributed by atoms with Gasteiger partial charge < -0.3 is 0 Å². The molecule has 0 aliphatic carbocycles. The summed E-state index contributed by atoms with van der Waals surface area (Å²) in [4.78, 5) is 4.92. The van der Waals surface area contributed by atoms with Crippen molar-refractivity contribution in [3.63, 3.8) is 0 Å². The van der Waals surface area contributed by atoms with Gasteiger partial charge in [-0.15, -0.1) is 0 Å². The first-order valence-corrected chi connectivity index (χ1v) is 19.4. The normalized spacial score (nSPS) is 14.8. The van der Waals surface area contributed by atoms with E-state index in [-0.39, 0.29) is 0 Å². The average molecular weight is 619 g/mol. The Morgan fingerprint density at radius 3 is 1.25 bits per heavy atom. The molecule has 4 heteroatoms. The van der Waals surface area contributed by atoms with Crippen LogP contribution in [-0.4, -0.2) is 18.4 Å². The van der Waals surface area contributed by atoms with Crippen LogP contribution in [-0.2, 0) is 0 Å². The van der Waals surface area contributed by atoms with Gasteiger partial charge in [0.1, 0.15) is 0 Å². The predicted molar refractivity (Wildman–Crippen MR) is 167 cm³/mol. The second-order valence-electron chi connectivity index (χ2n) is 10.5. The zero-order valence-corrected chi connectivity index (χ0v) is 24.5. The quantitative estimate of drug-likeness (QED) is 0.204. The monoisotopic (exact) mass is 620 g/mol. The van der Waals surface area contributed by atoms with Crippen LogP contribution in [0.25, 0.3) is 0 Å². The van der Waals surface area contributed by atoms with E-state index in [0.29, 0.717) is 0 Å². The Balaban J connectivity index is 1.52. The molecule has 6 aromatic carbocycles. The number of para-hydroxylation sites is 2. The number of benzene rings is 6. The van der Waals surface area contributed by atoms with Gasteiger partial charge in [-0.3, -0.25) is 0 Å². The summed E-state index contributed by atoms with van der Waals surface area (Å²) in [6.45, 7) is 0. The number of rotatable bonds is 3. The van der Waals surface area contributed by atoms with Crippen LogP contribution in [0.2, 0.25) is 0 Å². The summed E-state index contributed by atoms with van der Waals surface area (Å²) in [5.74, 6) is 1.99. The molecular weight excluding hydrogens is 595 g/mol. The number of anilines is 6. The fraction of sp³-hybridized carbons (Fsp3) is 0. The summed E-state index contributed by atoms with van der Waals surface area (Å²) < 4.78 is 12.6. The van der Waals surface area contributed by atoms with Crippen molar-refractivity contribution in [2.75, 3.05) is 9.80 Å². The van der Waals surface area contributed by atoms with Crippen molar-refractivity contribution in [2.24, 2.45) is 0 Å². The second-order valence-corrected chi connectivity index (χ2v) is 20.7. The van der Waals surface area contributed by atoms with Gasteiger partial charge in [0.25, 0.3) is 0 Å². The van der Waals surface area contributed by atoms with Gasteiger partial charge in [-0.25, -0.2) is 0 Å². The minimum absolute atomic E-state index is 0.997. The first-order chi connectivity index (χ1) is 19.9. The Hall–Kier alpha value is -4.48. The molecule has 3 aliphatic heterocycles. The Morgan fingerprint density at radius 2 is 0.775 bits per heavy atom. The van der Waals surface area contributed by atoms with Gasteiger partial charge in [-0.2, -0.15) is 0 Å². The minimum atomic E-state index is -3.94. The van der Waals surface area contributed by atoms with E-state index in [0.717, 1.165) is 22.9 Å². The average Bonchev–Trinajstić information content (AvgIpc) is 3.02. The zero-order chi connectivity index (χ0) is 26.3. The van der Waals surface area contributed by atoms with E-state index in [1.165, 1.54) is 37.1 Å². The van der Waals surface area contributed by atoms with E-state index >= 15 is 0 Å². The first-order valence-electron chi connectivity index (χ1n) is 13.7. The topological polar surface area (TPSA) is 15.7 Å². The summed E-state index contributed by atoms with van der Waals surface area (Å²) >= 11 is -3.94. The molecule has 0 bridgehead atoms. The van der Waals surface area contributed by atoms with E-state index in [1.54, 1.807) is 0 Å². The third kappa shape index (κ3) is 2.75. The third-order valence-electron chi connectivity index (χ3n) is 8.57. The maximum atomic E-state index is 6.86. The van der Waals surface area contributed by atoms with E-state index < -0.39 is 18.4 Å². The molecule has 0 aromatic heterocycles. The molecule has 9 rings (SSSR count). The van der Waals surface area contributed by atoms with Crippen LogP contribution >= 0.6 is 0 Å². The van der Waals surface area contributed by atoms with Crippen molar-refractivity contribution >= 4 is 66.8 Å². The summed E-state index contributed by atoms with van der Waals surface area (Å²) in [6, 6.07) is 53.0. The van der Waals surface area contributed by atoms with Crippen LogP contribution in [0.5, 0.6) is 11.5 Å². The molecule has 0 amide bonds. The van der Waals surface area contributed by atoms with Crippen LogP contribution in [0, 0.1) is 0 Å². The van der Waals surface area contributed by atoms with Crippen molar-refractivity contribution in [3.8, 4) is 11.5 Å². The Bertz CT molecular complexity index is 1820. The molecule has 188 valence electrons. The third-order valence-corrected chi connectivity index (χ3v) is 22.7. The molecule has 0 unspecified atom stereocenters. The summed E-state index contributed by atoms with van der Waals surface area (Å²) in [6.07, 6.45) is 0. The van der Waals surface area contributed by atoms with Crippen LogP contribution in [0.15, 0.2) is 146 Å². The first kappa shape index (κ1) is 22.3. The summed E-state index contributed by atoms with van der Waals surface area (Å²) in [5, 5.41) is 0. The Labute approximate surface area is 237 Å². The predicted octanol–water partition coefficient (Wildman–Crippen LogP) is 6.74. The fourth-order valence-electron chi connectivity index (χ4n) is 7.21. The molecule has 0 radical (unpaired) electrons. The number of nitrogens with zero attached hydrogens (tertiary/aromatic N) is 2. The van der Waals surface area contributed by atoms with E-state index in [4.69, 9.17) is 4.74 Å². The number of ether oxygens (including phenoxy) is 1. The molecule has 6 aromatic rings. The number of hydrogen-bond acceptors (Lipinski definition) is 3. The maximum absolute atomic E-state index is 6.86. The van der Waals surface area contributed by atoms with E-state index in [2.05, 4.69) is 155 Å². The fourth-order valence-corrected chi connectivity index (χ4v) is 23.3. The van der Waals surface area contributed by atoms with Crippen LogP contribution in [0.1, 0.15) is 0 Å². The molecule has 0 spiro atoms. The number of hydrogen-bond donors (Lipinski definition) is 0. The molecule has 3 nitrogen and oxygen atoms in total. The van der Waals surface area contributed by atoms with Gasteiger partial charge in [0.2, 0.25) is 0 Å². The van der Waals surface area contributed by atoms with E-state index in [9.17, 15) is 0 Å². The molecule has 40 heavy (non-hydrogen) atoms. The van der Waals surface area contributed by atoms with Gasteiger partial charge in [0.15, 0.2) is 0 Å². The molecule has 3 aliphatic rings. The van der Waals surface area contributed by atoms with Gasteiger partial charge >= 0.3 is 238 Å². The van der Waals surface area contributed by atoms with Gasteiger partial charge in [-0.1, -0.05) is 0 Å². The standard InChI is InChI=1S/C30H19N2O.C6H5.Sn/c1-3-10-23(11-4-1)31-25-14-7-15-26(20-25)32(24-12-5-2-6-13-24)28-17-9-19-30(22-28)33-29-18-8-16-27(31)21-29;1-2-4-6-5-3-1;/h1-19H;1-5H;. The molecular formula is C36H24N2OSn. The van der Waals surface area contributed by atoms with Crippen molar-refractivity contribution in [1.29, 1.82) is 0 Å². The van der Waals surface area contributed by atoms with Crippen molar-refractivity contribution in [3.05, 3.63) is 146 Å². The van der Waals surface area contributed by atoms with E-state index in [1.807, 2.05) is 0 Å². The van der Waals surface area contributed by atoms with Crippen LogP contribution in [0.4, 0.5) is 34.1 Å². The van der Waals surface area contributed by atoms with Gasteiger partial charge in [0.05, 0.1) is 0 Å². The van der Waals surface area contributed by atoms with Gasteiger partial charge in [-0.05, 0) is 0 Å². The second kappa shape index (κ2) is 8.26. The van der Waals surface area contributed by atoms with Crippen molar-refractivity contribution < 1.29 is 4.74 Å². The summed E-state index contributed by atoms with van der Waals surface area (Å²) in [7, 11) is 0. The zero-order valence-electron chi connectivity index (χ0n) is 21.7. The molecule has 0 saturated carbocycles.